The maximum Gasteiger partial charge on any atom is 0.0591 e. The first kappa shape index (κ1) is 14.9. The highest BCUT2D eigenvalue weighted by Crippen LogP contribution is 2.26. The largest absolute Gasteiger partial charge is 0.396 e. The molecule has 92 valence electrons. The van der Waals surface area contributed by atoms with Crippen molar-refractivity contribution in [2.45, 2.75) is 53.6 Å². The number of hydrogen-bond acceptors (Lipinski definition) is 2. The van der Waals surface area contributed by atoms with Crippen LogP contribution in [-0.2, 0) is 0 Å². The van der Waals surface area contributed by atoms with Gasteiger partial charge in [-0.15, -0.1) is 0 Å². The Kier molecular flexibility index (Phi) is 7.20. The van der Waals surface area contributed by atoms with Crippen molar-refractivity contribution in [3.63, 3.8) is 0 Å². The zero-order chi connectivity index (χ0) is 12.0. The minimum atomic E-state index is -0.235. The molecule has 0 heterocycles. The molecule has 0 amide bonds. The van der Waals surface area contributed by atoms with Crippen LogP contribution in [0.25, 0.3) is 0 Å². The van der Waals surface area contributed by atoms with Crippen LogP contribution in [0.1, 0.15) is 47.5 Å². The molecule has 2 N–H and O–H groups in total. The summed E-state index contributed by atoms with van der Waals surface area (Å²) in [4.78, 5) is 0. The van der Waals surface area contributed by atoms with Crippen LogP contribution in [-0.4, -0.2) is 22.9 Å². The SMILES string of the molecule is CC(C)CC(CC(C)CO)C(O)C(C)C. The molecule has 0 radical (unpaired) electrons. The molecule has 2 heteroatoms. The van der Waals surface area contributed by atoms with Crippen molar-refractivity contribution < 1.29 is 10.2 Å². The monoisotopic (exact) mass is 216 g/mol. The average Bonchev–Trinajstić information content (AvgIpc) is 2.14. The fourth-order valence-electron chi connectivity index (χ4n) is 2.12. The Bertz CT molecular complexity index is 155. The molecule has 3 atom stereocenters. The lowest BCUT2D eigenvalue weighted by Crippen LogP contribution is -2.29. The summed E-state index contributed by atoms with van der Waals surface area (Å²) in [5.74, 6) is 1.53. The molecule has 0 saturated carbocycles. The molecule has 2 nitrogen and oxygen atoms in total. The van der Waals surface area contributed by atoms with Crippen molar-refractivity contribution in [2.75, 3.05) is 6.61 Å². The van der Waals surface area contributed by atoms with Gasteiger partial charge < -0.3 is 10.2 Å². The summed E-state index contributed by atoms with van der Waals surface area (Å²) in [7, 11) is 0. The minimum absolute atomic E-state index is 0.222. The third-order valence-electron chi connectivity index (χ3n) is 2.96. The quantitative estimate of drug-likeness (QED) is 0.687. The summed E-state index contributed by atoms with van der Waals surface area (Å²) in [6.45, 7) is 10.7. The number of rotatable bonds is 7. The van der Waals surface area contributed by atoms with Crippen LogP contribution in [0, 0.1) is 23.7 Å². The molecule has 0 aliphatic heterocycles. The Labute approximate surface area is 94.7 Å². The zero-order valence-corrected chi connectivity index (χ0v) is 10.9. The predicted molar refractivity (Wildman–Crippen MR) is 64.7 cm³/mol. The van der Waals surface area contributed by atoms with Gasteiger partial charge in [0.05, 0.1) is 6.10 Å². The highest BCUT2D eigenvalue weighted by molar-refractivity contribution is 4.75. The van der Waals surface area contributed by atoms with Gasteiger partial charge in [0.1, 0.15) is 0 Å². The van der Waals surface area contributed by atoms with Crippen LogP contribution in [0.5, 0.6) is 0 Å². The average molecular weight is 216 g/mol. The Morgan fingerprint density at radius 3 is 1.80 bits per heavy atom. The first-order chi connectivity index (χ1) is 6.88. The van der Waals surface area contributed by atoms with E-state index >= 15 is 0 Å². The fraction of sp³-hybridized carbons (Fsp3) is 1.00. The van der Waals surface area contributed by atoms with Crippen LogP contribution < -0.4 is 0 Å². The molecule has 0 aliphatic rings. The Morgan fingerprint density at radius 2 is 1.47 bits per heavy atom. The van der Waals surface area contributed by atoms with E-state index in [1.807, 2.05) is 6.92 Å². The molecule has 0 bridgehead atoms. The normalized spacial score (nSPS) is 18.2. The molecule has 0 spiro atoms. The molecule has 0 fully saturated rings. The molecule has 0 aliphatic carbocycles. The van der Waals surface area contributed by atoms with Gasteiger partial charge >= 0.3 is 0 Å². The standard InChI is InChI=1S/C13H28O2/c1-9(2)6-12(7-11(5)8-14)13(15)10(3)4/h9-15H,6-8H2,1-5H3. The van der Waals surface area contributed by atoms with Crippen LogP contribution >= 0.6 is 0 Å². The van der Waals surface area contributed by atoms with E-state index < -0.39 is 0 Å². The van der Waals surface area contributed by atoms with Crippen molar-refractivity contribution in [1.82, 2.24) is 0 Å². The highest BCUT2D eigenvalue weighted by Gasteiger charge is 2.24. The number of aliphatic hydroxyl groups is 2. The van der Waals surface area contributed by atoms with Crippen LogP contribution in [0.4, 0.5) is 0 Å². The number of aliphatic hydroxyl groups excluding tert-OH is 2. The maximum absolute atomic E-state index is 10.1. The highest BCUT2D eigenvalue weighted by atomic mass is 16.3. The lowest BCUT2D eigenvalue weighted by Gasteiger charge is -2.29. The molecule has 15 heavy (non-hydrogen) atoms. The van der Waals surface area contributed by atoms with Crippen molar-refractivity contribution >= 4 is 0 Å². The summed E-state index contributed by atoms with van der Waals surface area (Å²) < 4.78 is 0. The van der Waals surface area contributed by atoms with Crippen molar-refractivity contribution in [2.24, 2.45) is 23.7 Å². The van der Waals surface area contributed by atoms with Crippen molar-refractivity contribution in [1.29, 1.82) is 0 Å². The third kappa shape index (κ3) is 6.16. The second-order valence-electron chi connectivity index (χ2n) is 5.65. The Hall–Kier alpha value is -0.0800. The minimum Gasteiger partial charge on any atom is -0.396 e. The van der Waals surface area contributed by atoms with E-state index in [1.54, 1.807) is 0 Å². The second-order valence-corrected chi connectivity index (χ2v) is 5.65. The van der Waals surface area contributed by atoms with E-state index in [1.165, 1.54) is 0 Å². The van der Waals surface area contributed by atoms with Gasteiger partial charge in [0.2, 0.25) is 0 Å². The van der Waals surface area contributed by atoms with E-state index in [9.17, 15) is 5.11 Å². The van der Waals surface area contributed by atoms with Gasteiger partial charge in [-0.1, -0.05) is 34.6 Å². The van der Waals surface area contributed by atoms with E-state index in [4.69, 9.17) is 5.11 Å². The lowest BCUT2D eigenvalue weighted by molar-refractivity contribution is 0.0378. The first-order valence-electron chi connectivity index (χ1n) is 6.17. The third-order valence-corrected chi connectivity index (χ3v) is 2.96. The molecule has 0 aromatic carbocycles. The van der Waals surface area contributed by atoms with E-state index in [0.717, 1.165) is 12.8 Å². The lowest BCUT2D eigenvalue weighted by atomic mass is 9.81. The fourth-order valence-corrected chi connectivity index (χ4v) is 2.12. The zero-order valence-electron chi connectivity index (χ0n) is 10.9. The van der Waals surface area contributed by atoms with Gasteiger partial charge in [-0.2, -0.15) is 0 Å². The summed E-state index contributed by atoms with van der Waals surface area (Å²) in [6.07, 6.45) is 1.74. The van der Waals surface area contributed by atoms with Crippen molar-refractivity contribution in [3.8, 4) is 0 Å². The molecule has 0 aromatic rings. The molecular weight excluding hydrogens is 188 g/mol. The Balaban J connectivity index is 4.29. The van der Waals surface area contributed by atoms with Gasteiger partial charge in [-0.3, -0.25) is 0 Å². The molecule has 0 rings (SSSR count). The number of hydrogen-bond donors (Lipinski definition) is 2. The van der Waals surface area contributed by atoms with E-state index in [2.05, 4.69) is 27.7 Å². The summed E-state index contributed by atoms with van der Waals surface area (Å²) in [6, 6.07) is 0. The van der Waals surface area contributed by atoms with Gasteiger partial charge in [0.15, 0.2) is 0 Å². The van der Waals surface area contributed by atoms with Gasteiger partial charge in [0, 0.05) is 6.61 Å². The molecule has 3 unspecified atom stereocenters. The van der Waals surface area contributed by atoms with E-state index in [-0.39, 0.29) is 12.7 Å². The second kappa shape index (κ2) is 7.24. The van der Waals surface area contributed by atoms with Gasteiger partial charge in [-0.25, -0.2) is 0 Å². The van der Waals surface area contributed by atoms with Gasteiger partial charge in [0.25, 0.3) is 0 Å². The van der Waals surface area contributed by atoms with Gasteiger partial charge in [-0.05, 0) is 36.5 Å². The molecule has 0 aromatic heterocycles. The van der Waals surface area contributed by atoms with Crippen LogP contribution in [0.3, 0.4) is 0 Å². The van der Waals surface area contributed by atoms with Crippen LogP contribution in [0.2, 0.25) is 0 Å². The summed E-state index contributed by atoms with van der Waals surface area (Å²) in [5, 5.41) is 19.2. The predicted octanol–water partition coefficient (Wildman–Crippen LogP) is 2.68. The smallest absolute Gasteiger partial charge is 0.0591 e. The Morgan fingerprint density at radius 1 is 0.933 bits per heavy atom. The topological polar surface area (TPSA) is 40.5 Å². The summed E-state index contributed by atoms with van der Waals surface area (Å²) in [5.41, 5.74) is 0. The molecule has 0 saturated heterocycles. The van der Waals surface area contributed by atoms with E-state index in [0.29, 0.717) is 23.7 Å². The van der Waals surface area contributed by atoms with Crippen LogP contribution in [0.15, 0.2) is 0 Å². The molecular formula is C13H28O2. The van der Waals surface area contributed by atoms with Crippen molar-refractivity contribution in [3.05, 3.63) is 0 Å². The first-order valence-corrected chi connectivity index (χ1v) is 6.17. The maximum atomic E-state index is 10.1. The summed E-state index contributed by atoms with van der Waals surface area (Å²) >= 11 is 0.